The predicted molar refractivity (Wildman–Crippen MR) is 86.6 cm³/mol. The number of rotatable bonds is 8. The van der Waals surface area contributed by atoms with Gasteiger partial charge in [-0.3, -0.25) is 4.79 Å². The van der Waals surface area contributed by atoms with Crippen LogP contribution in [0.4, 0.5) is 0 Å². The topological polar surface area (TPSA) is 49.3 Å². The third-order valence-corrected chi connectivity index (χ3v) is 4.38. The number of nitrogens with one attached hydrogen (secondary N) is 1. The highest BCUT2D eigenvalue weighted by Crippen LogP contribution is 2.23. The van der Waals surface area contributed by atoms with Gasteiger partial charge in [0.25, 0.3) is 0 Å². The van der Waals surface area contributed by atoms with E-state index >= 15 is 0 Å². The van der Waals surface area contributed by atoms with Crippen molar-refractivity contribution in [3.63, 3.8) is 0 Å². The maximum Gasteiger partial charge on any atom is 0.307 e. The molecule has 2 N–H and O–H groups in total. The van der Waals surface area contributed by atoms with Gasteiger partial charge in [0.2, 0.25) is 0 Å². The molecule has 0 saturated carbocycles. The lowest BCUT2D eigenvalue weighted by molar-refractivity contribution is -0.136. The van der Waals surface area contributed by atoms with Crippen molar-refractivity contribution < 1.29 is 9.90 Å². The zero-order valence-corrected chi connectivity index (χ0v) is 13.0. The van der Waals surface area contributed by atoms with Crippen LogP contribution in [0.15, 0.2) is 41.8 Å². The molecule has 1 heterocycles. The van der Waals surface area contributed by atoms with E-state index in [0.717, 1.165) is 24.9 Å². The lowest BCUT2D eigenvalue weighted by atomic mass is 10.1. The predicted octanol–water partition coefficient (Wildman–Crippen LogP) is 4.01. The number of carboxylic acid groups (broad SMARTS) is 1. The Bertz CT molecular complexity index is 549. The molecule has 112 valence electrons. The first kappa shape index (κ1) is 15.7. The highest BCUT2D eigenvalue weighted by atomic mass is 32.1. The normalized spacial score (nSPS) is 12.2. The summed E-state index contributed by atoms with van der Waals surface area (Å²) >= 11 is 1.79. The molecule has 0 fully saturated rings. The van der Waals surface area contributed by atoms with Crippen LogP contribution in [0.25, 0.3) is 0 Å². The molecule has 0 saturated heterocycles. The average molecular weight is 303 g/mol. The van der Waals surface area contributed by atoms with Gasteiger partial charge in [-0.2, -0.15) is 0 Å². The van der Waals surface area contributed by atoms with Gasteiger partial charge in [-0.25, -0.2) is 0 Å². The van der Waals surface area contributed by atoms with Crippen LogP contribution in [0.3, 0.4) is 0 Å². The van der Waals surface area contributed by atoms with E-state index in [1.165, 1.54) is 10.4 Å². The summed E-state index contributed by atoms with van der Waals surface area (Å²) < 4.78 is 0. The molecule has 21 heavy (non-hydrogen) atoms. The minimum Gasteiger partial charge on any atom is -0.481 e. The molecule has 2 aromatic rings. The maximum absolute atomic E-state index is 10.7. The van der Waals surface area contributed by atoms with Gasteiger partial charge in [-0.15, -0.1) is 11.3 Å². The first-order chi connectivity index (χ1) is 10.2. The maximum atomic E-state index is 10.7. The standard InChI is InChI=1S/C17H21NO2S/c1-2-4-15(16-5-3-10-21-16)18-12-14-8-6-13(7-9-14)11-17(19)20/h3,5-10,15,18H,2,4,11-12H2,1H3,(H,19,20). The van der Waals surface area contributed by atoms with E-state index in [1.807, 2.05) is 24.3 Å². The molecule has 1 unspecified atom stereocenters. The molecule has 0 aliphatic heterocycles. The first-order valence-electron chi connectivity index (χ1n) is 7.25. The van der Waals surface area contributed by atoms with Crippen LogP contribution < -0.4 is 5.32 Å². The van der Waals surface area contributed by atoms with E-state index in [2.05, 4.69) is 29.8 Å². The Kier molecular flexibility index (Phi) is 5.96. The number of hydrogen-bond donors (Lipinski definition) is 2. The lowest BCUT2D eigenvalue weighted by Gasteiger charge is -2.17. The highest BCUT2D eigenvalue weighted by Gasteiger charge is 2.10. The van der Waals surface area contributed by atoms with Crippen LogP contribution in [0.1, 0.15) is 41.8 Å². The van der Waals surface area contributed by atoms with Gasteiger partial charge < -0.3 is 10.4 Å². The Balaban J connectivity index is 1.93. The molecular weight excluding hydrogens is 282 g/mol. The number of aliphatic carboxylic acids is 1. The van der Waals surface area contributed by atoms with E-state index < -0.39 is 5.97 Å². The van der Waals surface area contributed by atoms with Gasteiger partial charge in [-0.05, 0) is 29.0 Å². The monoisotopic (exact) mass is 303 g/mol. The number of hydrogen-bond acceptors (Lipinski definition) is 3. The number of thiophene rings is 1. The molecule has 2 rings (SSSR count). The second kappa shape index (κ2) is 7.96. The van der Waals surface area contributed by atoms with Crippen LogP contribution in [-0.2, 0) is 17.8 Å². The zero-order valence-electron chi connectivity index (χ0n) is 12.2. The van der Waals surface area contributed by atoms with Crippen molar-refractivity contribution in [2.75, 3.05) is 0 Å². The Morgan fingerprint density at radius 2 is 1.95 bits per heavy atom. The smallest absolute Gasteiger partial charge is 0.307 e. The molecule has 1 aromatic carbocycles. The molecule has 3 nitrogen and oxygen atoms in total. The summed E-state index contributed by atoms with van der Waals surface area (Å²) in [5.41, 5.74) is 2.02. The minimum absolute atomic E-state index is 0.0847. The molecule has 0 radical (unpaired) electrons. The number of benzene rings is 1. The highest BCUT2D eigenvalue weighted by molar-refractivity contribution is 7.10. The SMILES string of the molecule is CCCC(NCc1ccc(CC(=O)O)cc1)c1cccs1. The molecule has 0 aliphatic carbocycles. The molecule has 1 aromatic heterocycles. The Labute approximate surface area is 129 Å². The first-order valence-corrected chi connectivity index (χ1v) is 8.13. The van der Waals surface area contributed by atoms with Crippen LogP contribution in [0.2, 0.25) is 0 Å². The molecule has 1 atom stereocenters. The van der Waals surface area contributed by atoms with Crippen LogP contribution >= 0.6 is 11.3 Å². The van der Waals surface area contributed by atoms with Gasteiger partial charge in [0, 0.05) is 17.5 Å². The zero-order chi connectivity index (χ0) is 15.1. The van der Waals surface area contributed by atoms with Crippen molar-refractivity contribution in [3.8, 4) is 0 Å². The summed E-state index contributed by atoms with van der Waals surface area (Å²) in [7, 11) is 0. The van der Waals surface area contributed by atoms with Gasteiger partial charge in [-0.1, -0.05) is 43.7 Å². The van der Waals surface area contributed by atoms with E-state index in [9.17, 15) is 4.79 Å². The number of carboxylic acids is 1. The molecular formula is C17H21NO2S. The van der Waals surface area contributed by atoms with Crippen molar-refractivity contribution in [2.45, 2.75) is 38.8 Å². The summed E-state index contributed by atoms with van der Waals surface area (Å²) in [6, 6.07) is 12.5. The summed E-state index contributed by atoms with van der Waals surface area (Å²) in [5.74, 6) is -0.790. The fraction of sp³-hybridized carbons (Fsp3) is 0.353. The van der Waals surface area contributed by atoms with E-state index in [-0.39, 0.29) is 6.42 Å². The quantitative estimate of drug-likeness (QED) is 0.775. The summed E-state index contributed by atoms with van der Waals surface area (Å²) in [6.07, 6.45) is 2.35. The fourth-order valence-electron chi connectivity index (χ4n) is 2.31. The summed E-state index contributed by atoms with van der Waals surface area (Å²) in [4.78, 5) is 12.0. The second-order valence-corrected chi connectivity index (χ2v) is 6.10. The fourth-order valence-corrected chi connectivity index (χ4v) is 3.15. The molecule has 0 aliphatic rings. The van der Waals surface area contributed by atoms with Crippen molar-refractivity contribution in [3.05, 3.63) is 57.8 Å². The Morgan fingerprint density at radius 3 is 2.52 bits per heavy atom. The van der Waals surface area contributed by atoms with Gasteiger partial charge in [0.15, 0.2) is 0 Å². The third kappa shape index (κ3) is 4.99. The molecule has 0 spiro atoms. The van der Waals surface area contributed by atoms with Crippen molar-refractivity contribution in [1.82, 2.24) is 5.32 Å². The second-order valence-electron chi connectivity index (χ2n) is 5.12. The number of carbonyl (C=O) groups is 1. The van der Waals surface area contributed by atoms with Gasteiger partial charge in [0.05, 0.1) is 6.42 Å². The van der Waals surface area contributed by atoms with Crippen molar-refractivity contribution >= 4 is 17.3 Å². The van der Waals surface area contributed by atoms with Gasteiger partial charge >= 0.3 is 5.97 Å². The molecule has 0 amide bonds. The van der Waals surface area contributed by atoms with E-state index in [4.69, 9.17) is 5.11 Å². The van der Waals surface area contributed by atoms with Crippen molar-refractivity contribution in [1.29, 1.82) is 0 Å². The van der Waals surface area contributed by atoms with Crippen LogP contribution in [-0.4, -0.2) is 11.1 Å². The average Bonchev–Trinajstić information content (AvgIpc) is 2.98. The van der Waals surface area contributed by atoms with Crippen molar-refractivity contribution in [2.24, 2.45) is 0 Å². The van der Waals surface area contributed by atoms with Crippen LogP contribution in [0, 0.1) is 0 Å². The molecule has 0 bridgehead atoms. The third-order valence-electron chi connectivity index (χ3n) is 3.39. The molecule has 4 heteroatoms. The Morgan fingerprint density at radius 1 is 1.24 bits per heavy atom. The lowest BCUT2D eigenvalue weighted by Crippen LogP contribution is -2.20. The minimum atomic E-state index is -0.790. The van der Waals surface area contributed by atoms with Gasteiger partial charge in [0.1, 0.15) is 0 Å². The van der Waals surface area contributed by atoms with E-state index in [0.29, 0.717) is 6.04 Å². The largest absolute Gasteiger partial charge is 0.481 e. The van der Waals surface area contributed by atoms with Crippen LogP contribution in [0.5, 0.6) is 0 Å². The Hall–Kier alpha value is -1.65. The summed E-state index contributed by atoms with van der Waals surface area (Å²) in [6.45, 7) is 3.00. The van der Waals surface area contributed by atoms with E-state index in [1.54, 1.807) is 11.3 Å². The summed E-state index contributed by atoms with van der Waals surface area (Å²) in [5, 5.41) is 14.5.